The van der Waals surface area contributed by atoms with E-state index in [1.54, 1.807) is 6.07 Å². The highest BCUT2D eigenvalue weighted by Gasteiger charge is 2.28. The molecule has 108 valence electrons. The van der Waals surface area contributed by atoms with Crippen molar-refractivity contribution in [3.63, 3.8) is 0 Å². The molecule has 20 heavy (non-hydrogen) atoms. The summed E-state index contributed by atoms with van der Waals surface area (Å²) in [7, 11) is 0. The van der Waals surface area contributed by atoms with Crippen LogP contribution in [0.15, 0.2) is 18.2 Å². The molecule has 3 N–H and O–H groups in total. The van der Waals surface area contributed by atoms with Gasteiger partial charge in [0.1, 0.15) is 11.6 Å². The first-order valence-electron chi connectivity index (χ1n) is 7.39. The molecule has 1 aromatic rings. The second-order valence-electron chi connectivity index (χ2n) is 5.86. The molecule has 0 spiro atoms. The van der Waals surface area contributed by atoms with Gasteiger partial charge in [0.2, 0.25) is 5.88 Å². The van der Waals surface area contributed by atoms with E-state index < -0.39 is 0 Å². The number of anilines is 1. The second-order valence-corrected chi connectivity index (χ2v) is 5.86. The van der Waals surface area contributed by atoms with Gasteiger partial charge >= 0.3 is 0 Å². The lowest BCUT2D eigenvalue weighted by atomic mass is 9.85. The van der Waals surface area contributed by atoms with Crippen LogP contribution in [-0.4, -0.2) is 16.6 Å². The number of nitrogens with zero attached hydrogens (tertiary/aromatic N) is 2. The number of allylic oxidation sites excluding steroid dienone is 2. The molecule has 0 amide bonds. The first kappa shape index (κ1) is 13.4. The highest BCUT2D eigenvalue weighted by atomic mass is 16.5. The van der Waals surface area contributed by atoms with Crippen LogP contribution in [0.4, 0.5) is 5.82 Å². The Labute approximate surface area is 119 Å². The Balaban J connectivity index is 1.67. The summed E-state index contributed by atoms with van der Waals surface area (Å²) in [5, 5.41) is 0. The Morgan fingerprint density at radius 2 is 2.10 bits per heavy atom. The van der Waals surface area contributed by atoms with Crippen LogP contribution in [0, 0.1) is 11.8 Å². The van der Waals surface area contributed by atoms with E-state index in [9.17, 15) is 0 Å². The van der Waals surface area contributed by atoms with Crippen LogP contribution in [-0.2, 0) is 0 Å². The SMILES string of the molecule is CC1CC=CCC1COc1cc(NN)nc(C2CC2)n1. The maximum Gasteiger partial charge on any atom is 0.218 e. The van der Waals surface area contributed by atoms with E-state index in [0.717, 1.165) is 31.5 Å². The fourth-order valence-corrected chi connectivity index (χ4v) is 2.55. The van der Waals surface area contributed by atoms with Crippen molar-refractivity contribution >= 4 is 5.82 Å². The number of aromatic nitrogens is 2. The largest absolute Gasteiger partial charge is 0.477 e. The molecule has 1 fully saturated rings. The topological polar surface area (TPSA) is 73.1 Å². The van der Waals surface area contributed by atoms with Gasteiger partial charge in [0.25, 0.3) is 0 Å². The van der Waals surface area contributed by atoms with Crippen LogP contribution in [0.1, 0.15) is 44.3 Å². The van der Waals surface area contributed by atoms with Crippen molar-refractivity contribution in [2.24, 2.45) is 17.7 Å². The summed E-state index contributed by atoms with van der Waals surface area (Å²) in [6.07, 6.45) is 9.06. The zero-order valence-electron chi connectivity index (χ0n) is 11.9. The fraction of sp³-hybridized carbons (Fsp3) is 0.600. The predicted octanol–water partition coefficient (Wildman–Crippen LogP) is 2.62. The van der Waals surface area contributed by atoms with Gasteiger partial charge in [0.15, 0.2) is 0 Å². The standard InChI is InChI=1S/C15H22N4O/c1-10-4-2-3-5-12(10)9-20-14-8-13(19-16)17-15(18-14)11-6-7-11/h2-3,8,10-12H,4-7,9,16H2,1H3,(H,17,18,19). The summed E-state index contributed by atoms with van der Waals surface area (Å²) in [5.74, 6) is 9.30. The molecule has 0 bridgehead atoms. The first-order chi connectivity index (χ1) is 9.76. The number of nitrogens with one attached hydrogen (secondary N) is 1. The Kier molecular flexibility index (Phi) is 3.87. The smallest absolute Gasteiger partial charge is 0.218 e. The number of hydrogen-bond donors (Lipinski definition) is 2. The van der Waals surface area contributed by atoms with Crippen molar-refractivity contribution in [2.75, 3.05) is 12.0 Å². The maximum atomic E-state index is 5.90. The Bertz CT molecular complexity index is 499. The van der Waals surface area contributed by atoms with Crippen molar-refractivity contribution in [3.8, 4) is 5.88 Å². The van der Waals surface area contributed by atoms with E-state index in [4.69, 9.17) is 10.6 Å². The number of nitrogens with two attached hydrogens (primary N) is 1. The minimum Gasteiger partial charge on any atom is -0.477 e. The molecule has 2 aliphatic carbocycles. The average molecular weight is 274 g/mol. The summed E-state index contributed by atoms with van der Waals surface area (Å²) in [6, 6.07) is 1.77. The molecule has 0 aliphatic heterocycles. The van der Waals surface area contributed by atoms with Gasteiger partial charge in [-0.2, -0.15) is 4.98 Å². The Morgan fingerprint density at radius 3 is 2.80 bits per heavy atom. The molecule has 2 aliphatic rings. The molecule has 5 heteroatoms. The third-order valence-corrected chi connectivity index (χ3v) is 4.17. The molecule has 3 rings (SSSR count). The Hall–Kier alpha value is -1.62. The number of nitrogen functional groups attached to an aromatic ring is 1. The lowest BCUT2D eigenvalue weighted by molar-refractivity contribution is 0.192. The van der Waals surface area contributed by atoms with E-state index in [1.807, 2.05) is 0 Å². The summed E-state index contributed by atoms with van der Waals surface area (Å²) in [4.78, 5) is 8.89. The van der Waals surface area contributed by atoms with Crippen molar-refractivity contribution in [3.05, 3.63) is 24.0 Å². The summed E-state index contributed by atoms with van der Waals surface area (Å²) >= 11 is 0. The number of ether oxygens (including phenoxy) is 1. The van der Waals surface area contributed by atoms with Crippen molar-refractivity contribution < 1.29 is 4.74 Å². The van der Waals surface area contributed by atoms with E-state index in [1.165, 1.54) is 0 Å². The van der Waals surface area contributed by atoms with Gasteiger partial charge in [-0.25, -0.2) is 10.8 Å². The molecule has 0 aromatic carbocycles. The summed E-state index contributed by atoms with van der Waals surface area (Å²) in [5.41, 5.74) is 2.59. The highest BCUT2D eigenvalue weighted by molar-refractivity contribution is 5.38. The molecule has 2 unspecified atom stereocenters. The molecule has 5 nitrogen and oxygen atoms in total. The van der Waals surface area contributed by atoms with Gasteiger partial charge in [-0.3, -0.25) is 0 Å². The van der Waals surface area contributed by atoms with Crippen LogP contribution in [0.25, 0.3) is 0 Å². The molecule has 2 atom stereocenters. The fourth-order valence-electron chi connectivity index (χ4n) is 2.55. The second kappa shape index (κ2) is 5.79. The number of rotatable bonds is 5. The zero-order chi connectivity index (χ0) is 13.9. The van der Waals surface area contributed by atoms with Crippen LogP contribution in [0.3, 0.4) is 0 Å². The van der Waals surface area contributed by atoms with Gasteiger partial charge in [-0.15, -0.1) is 0 Å². The lowest BCUT2D eigenvalue weighted by Gasteiger charge is -2.25. The van der Waals surface area contributed by atoms with Crippen molar-refractivity contribution in [2.45, 2.75) is 38.5 Å². The number of hydrazine groups is 1. The minimum absolute atomic E-state index is 0.488. The van der Waals surface area contributed by atoms with E-state index in [2.05, 4.69) is 34.5 Å². The molecule has 1 aromatic heterocycles. The average Bonchev–Trinajstić information content (AvgIpc) is 3.31. The van der Waals surface area contributed by atoms with E-state index in [-0.39, 0.29) is 0 Å². The quantitative estimate of drug-likeness (QED) is 0.490. The molecule has 1 saturated carbocycles. The highest BCUT2D eigenvalue weighted by Crippen LogP contribution is 2.39. The molecule has 0 saturated heterocycles. The predicted molar refractivity (Wildman–Crippen MR) is 78.3 cm³/mol. The Morgan fingerprint density at radius 1 is 1.30 bits per heavy atom. The zero-order valence-corrected chi connectivity index (χ0v) is 11.9. The lowest BCUT2D eigenvalue weighted by Crippen LogP contribution is -2.21. The third-order valence-electron chi connectivity index (χ3n) is 4.17. The van der Waals surface area contributed by atoms with Crippen LogP contribution in [0.2, 0.25) is 0 Å². The van der Waals surface area contributed by atoms with Crippen molar-refractivity contribution in [1.29, 1.82) is 0 Å². The van der Waals surface area contributed by atoms with Gasteiger partial charge in [-0.05, 0) is 37.5 Å². The third kappa shape index (κ3) is 3.10. The van der Waals surface area contributed by atoms with Gasteiger partial charge in [0, 0.05) is 12.0 Å². The summed E-state index contributed by atoms with van der Waals surface area (Å²) < 4.78 is 5.90. The van der Waals surface area contributed by atoms with Crippen molar-refractivity contribution in [1.82, 2.24) is 9.97 Å². The van der Waals surface area contributed by atoms with Crippen LogP contribution >= 0.6 is 0 Å². The van der Waals surface area contributed by atoms with Gasteiger partial charge in [0.05, 0.1) is 6.61 Å². The minimum atomic E-state index is 0.488. The van der Waals surface area contributed by atoms with Gasteiger partial charge in [-0.1, -0.05) is 19.1 Å². The van der Waals surface area contributed by atoms with E-state index >= 15 is 0 Å². The molecular formula is C15H22N4O. The molecule has 1 heterocycles. The van der Waals surface area contributed by atoms with Crippen LogP contribution < -0.4 is 16.0 Å². The van der Waals surface area contributed by atoms with Crippen LogP contribution in [0.5, 0.6) is 5.88 Å². The monoisotopic (exact) mass is 274 g/mol. The summed E-state index contributed by atoms with van der Waals surface area (Å²) in [6.45, 7) is 2.98. The normalized spacial score (nSPS) is 25.5. The molecule has 0 radical (unpaired) electrons. The van der Waals surface area contributed by atoms with Gasteiger partial charge < -0.3 is 10.2 Å². The number of hydrogen-bond acceptors (Lipinski definition) is 5. The molecular weight excluding hydrogens is 252 g/mol. The first-order valence-corrected chi connectivity index (χ1v) is 7.39. The van der Waals surface area contributed by atoms with E-state index in [0.29, 0.717) is 36.1 Å². The maximum absolute atomic E-state index is 5.90.